The van der Waals surface area contributed by atoms with Gasteiger partial charge in [0.2, 0.25) is 11.8 Å². The fourth-order valence-electron chi connectivity index (χ4n) is 2.20. The summed E-state index contributed by atoms with van der Waals surface area (Å²) >= 11 is 0. The van der Waals surface area contributed by atoms with Crippen LogP contribution in [0, 0.1) is 0 Å². The molecule has 6 nitrogen and oxygen atoms in total. The van der Waals surface area contributed by atoms with E-state index in [1.807, 2.05) is 4.90 Å². The van der Waals surface area contributed by atoms with E-state index in [1.54, 1.807) is 0 Å². The minimum Gasteiger partial charge on any atom is -0.396 e. The monoisotopic (exact) mass is 285 g/mol. The third-order valence-corrected chi connectivity index (χ3v) is 3.42. The van der Waals surface area contributed by atoms with Gasteiger partial charge in [0.25, 0.3) is 0 Å². The molecule has 116 valence electrons. The SMILES string of the molecule is O=C(CCCC(=O)N1CCNCC1)NCCCCCO. The van der Waals surface area contributed by atoms with Crippen LogP contribution in [-0.4, -0.2) is 61.2 Å². The lowest BCUT2D eigenvalue weighted by Crippen LogP contribution is -2.46. The summed E-state index contributed by atoms with van der Waals surface area (Å²) in [6.07, 6.45) is 4.10. The minimum atomic E-state index is 0.0158. The van der Waals surface area contributed by atoms with Crippen LogP contribution < -0.4 is 10.6 Å². The Labute approximate surface area is 120 Å². The van der Waals surface area contributed by atoms with E-state index in [0.29, 0.717) is 25.8 Å². The fraction of sp³-hybridized carbons (Fsp3) is 0.857. The molecule has 1 heterocycles. The summed E-state index contributed by atoms with van der Waals surface area (Å²) in [6, 6.07) is 0. The van der Waals surface area contributed by atoms with Crippen molar-refractivity contribution in [1.29, 1.82) is 0 Å². The summed E-state index contributed by atoms with van der Waals surface area (Å²) in [5.41, 5.74) is 0. The summed E-state index contributed by atoms with van der Waals surface area (Å²) < 4.78 is 0. The van der Waals surface area contributed by atoms with Gasteiger partial charge >= 0.3 is 0 Å². The van der Waals surface area contributed by atoms with Crippen LogP contribution in [0.25, 0.3) is 0 Å². The maximum absolute atomic E-state index is 11.9. The molecule has 0 spiro atoms. The van der Waals surface area contributed by atoms with Crippen LogP contribution in [0.15, 0.2) is 0 Å². The number of nitrogens with zero attached hydrogens (tertiary/aromatic N) is 1. The highest BCUT2D eigenvalue weighted by molar-refractivity contribution is 5.79. The first-order valence-corrected chi connectivity index (χ1v) is 7.60. The Balaban J connectivity index is 1.99. The van der Waals surface area contributed by atoms with Crippen LogP contribution in [-0.2, 0) is 9.59 Å². The van der Waals surface area contributed by atoms with Crippen molar-refractivity contribution in [2.45, 2.75) is 38.5 Å². The molecule has 0 aromatic heterocycles. The van der Waals surface area contributed by atoms with E-state index >= 15 is 0 Å². The summed E-state index contributed by atoms with van der Waals surface area (Å²) in [7, 11) is 0. The van der Waals surface area contributed by atoms with E-state index in [2.05, 4.69) is 10.6 Å². The number of rotatable bonds is 9. The van der Waals surface area contributed by atoms with E-state index in [1.165, 1.54) is 0 Å². The molecule has 2 amide bonds. The number of aliphatic hydroxyl groups excluding tert-OH is 1. The van der Waals surface area contributed by atoms with Gasteiger partial charge in [-0.1, -0.05) is 0 Å². The summed E-state index contributed by atoms with van der Waals surface area (Å²) in [5.74, 6) is 0.171. The van der Waals surface area contributed by atoms with Crippen molar-refractivity contribution in [1.82, 2.24) is 15.5 Å². The Hall–Kier alpha value is -1.14. The van der Waals surface area contributed by atoms with Gasteiger partial charge in [-0.3, -0.25) is 9.59 Å². The van der Waals surface area contributed by atoms with E-state index in [4.69, 9.17) is 5.11 Å². The van der Waals surface area contributed by atoms with Crippen molar-refractivity contribution >= 4 is 11.8 Å². The number of carbonyl (C=O) groups excluding carboxylic acids is 2. The molecule has 0 unspecified atom stereocenters. The van der Waals surface area contributed by atoms with Gasteiger partial charge in [0, 0.05) is 52.2 Å². The third kappa shape index (κ3) is 7.45. The number of aliphatic hydroxyl groups is 1. The fourth-order valence-corrected chi connectivity index (χ4v) is 2.20. The summed E-state index contributed by atoms with van der Waals surface area (Å²) in [6.45, 7) is 4.14. The standard InChI is InChI=1S/C14H27N3O3/c18-12-3-1-2-7-16-13(19)5-4-6-14(20)17-10-8-15-9-11-17/h15,18H,1-12H2,(H,16,19). The first-order chi connectivity index (χ1) is 9.74. The molecular formula is C14H27N3O3. The van der Waals surface area contributed by atoms with Gasteiger partial charge in [-0.2, -0.15) is 0 Å². The van der Waals surface area contributed by atoms with Gasteiger partial charge in [-0.15, -0.1) is 0 Å². The molecule has 1 rings (SSSR count). The molecule has 0 aromatic carbocycles. The zero-order chi connectivity index (χ0) is 14.6. The Kier molecular flexibility index (Phi) is 8.98. The lowest BCUT2D eigenvalue weighted by molar-refractivity contribution is -0.132. The van der Waals surface area contributed by atoms with Crippen molar-refractivity contribution in [2.75, 3.05) is 39.3 Å². The summed E-state index contributed by atoms with van der Waals surface area (Å²) in [5, 5.41) is 14.7. The first kappa shape index (κ1) is 16.9. The Morgan fingerprint density at radius 2 is 1.80 bits per heavy atom. The van der Waals surface area contributed by atoms with Crippen LogP contribution >= 0.6 is 0 Å². The number of carbonyl (C=O) groups is 2. The van der Waals surface area contributed by atoms with Crippen molar-refractivity contribution < 1.29 is 14.7 Å². The van der Waals surface area contributed by atoms with Crippen molar-refractivity contribution in [3.8, 4) is 0 Å². The number of piperazine rings is 1. The molecule has 0 aliphatic carbocycles. The second kappa shape index (κ2) is 10.6. The highest BCUT2D eigenvalue weighted by atomic mass is 16.3. The number of nitrogens with one attached hydrogen (secondary N) is 2. The molecular weight excluding hydrogens is 258 g/mol. The number of hydrogen-bond acceptors (Lipinski definition) is 4. The van der Waals surface area contributed by atoms with Crippen LogP contribution in [0.5, 0.6) is 0 Å². The Morgan fingerprint density at radius 1 is 1.05 bits per heavy atom. The maximum Gasteiger partial charge on any atom is 0.222 e. The Bertz CT molecular complexity index is 291. The van der Waals surface area contributed by atoms with Gasteiger partial charge in [0.1, 0.15) is 0 Å². The number of amides is 2. The topological polar surface area (TPSA) is 81.7 Å². The Morgan fingerprint density at radius 3 is 2.50 bits per heavy atom. The molecule has 0 radical (unpaired) electrons. The van der Waals surface area contributed by atoms with Crippen molar-refractivity contribution in [3.05, 3.63) is 0 Å². The number of hydrogen-bond donors (Lipinski definition) is 3. The average molecular weight is 285 g/mol. The van der Waals surface area contributed by atoms with Gasteiger partial charge < -0.3 is 20.6 Å². The molecule has 0 saturated carbocycles. The second-order valence-electron chi connectivity index (χ2n) is 5.12. The van der Waals surface area contributed by atoms with Gasteiger partial charge in [-0.25, -0.2) is 0 Å². The van der Waals surface area contributed by atoms with Gasteiger partial charge in [-0.05, 0) is 25.7 Å². The predicted molar refractivity (Wildman–Crippen MR) is 77.2 cm³/mol. The predicted octanol–water partition coefficient (Wildman–Crippen LogP) is -0.133. The first-order valence-electron chi connectivity index (χ1n) is 7.60. The van der Waals surface area contributed by atoms with Gasteiger partial charge in [0.05, 0.1) is 0 Å². The molecule has 1 saturated heterocycles. The molecule has 20 heavy (non-hydrogen) atoms. The zero-order valence-corrected chi connectivity index (χ0v) is 12.2. The van der Waals surface area contributed by atoms with Crippen molar-refractivity contribution in [3.63, 3.8) is 0 Å². The molecule has 1 aliphatic rings. The molecule has 6 heteroatoms. The van der Waals surface area contributed by atoms with E-state index in [-0.39, 0.29) is 18.4 Å². The van der Waals surface area contributed by atoms with Crippen LogP contribution in [0.1, 0.15) is 38.5 Å². The molecule has 0 atom stereocenters. The van der Waals surface area contributed by atoms with Crippen LogP contribution in [0.2, 0.25) is 0 Å². The largest absolute Gasteiger partial charge is 0.396 e. The molecule has 0 bridgehead atoms. The van der Waals surface area contributed by atoms with Crippen molar-refractivity contribution in [2.24, 2.45) is 0 Å². The normalized spacial score (nSPS) is 15.2. The van der Waals surface area contributed by atoms with E-state index in [0.717, 1.165) is 45.4 Å². The lowest BCUT2D eigenvalue weighted by Gasteiger charge is -2.27. The summed E-state index contributed by atoms with van der Waals surface area (Å²) in [4.78, 5) is 25.3. The minimum absolute atomic E-state index is 0.0158. The zero-order valence-electron chi connectivity index (χ0n) is 12.2. The molecule has 0 aromatic rings. The highest BCUT2D eigenvalue weighted by Gasteiger charge is 2.15. The van der Waals surface area contributed by atoms with Gasteiger partial charge in [0.15, 0.2) is 0 Å². The quantitative estimate of drug-likeness (QED) is 0.515. The lowest BCUT2D eigenvalue weighted by atomic mass is 10.2. The van der Waals surface area contributed by atoms with Crippen LogP contribution in [0.3, 0.4) is 0 Å². The molecule has 1 fully saturated rings. The second-order valence-corrected chi connectivity index (χ2v) is 5.12. The third-order valence-electron chi connectivity index (χ3n) is 3.42. The average Bonchev–Trinajstić information content (AvgIpc) is 2.48. The highest BCUT2D eigenvalue weighted by Crippen LogP contribution is 2.02. The number of unbranched alkanes of at least 4 members (excludes halogenated alkanes) is 2. The smallest absolute Gasteiger partial charge is 0.222 e. The van der Waals surface area contributed by atoms with E-state index in [9.17, 15) is 9.59 Å². The van der Waals surface area contributed by atoms with Crippen LogP contribution in [0.4, 0.5) is 0 Å². The molecule has 3 N–H and O–H groups in total. The maximum atomic E-state index is 11.9. The van der Waals surface area contributed by atoms with E-state index < -0.39 is 0 Å². The molecule has 1 aliphatic heterocycles.